The molecule has 0 radical (unpaired) electrons. The van der Waals surface area contributed by atoms with Gasteiger partial charge in [0.05, 0.1) is 11.8 Å². The van der Waals surface area contributed by atoms with Gasteiger partial charge in [-0.15, -0.1) is 0 Å². The van der Waals surface area contributed by atoms with Crippen molar-refractivity contribution in [3.63, 3.8) is 0 Å². The predicted molar refractivity (Wildman–Crippen MR) is 86.6 cm³/mol. The molecule has 3 nitrogen and oxygen atoms in total. The summed E-state index contributed by atoms with van der Waals surface area (Å²) < 4.78 is 13.7. The van der Waals surface area contributed by atoms with Crippen LogP contribution in [-0.2, 0) is 14.9 Å². The number of benzene rings is 1. The van der Waals surface area contributed by atoms with Gasteiger partial charge in [-0.2, -0.15) is 4.58 Å². The standard InChI is InChI=1S/C18H28NO2/c1-6-20-17(21-7-2)12-13-19-14(3)18(4,5)15-10-8-9-11-16(15)19/h8-11,17H,6-7,12-13H2,1-5H3/q+1. The summed E-state index contributed by atoms with van der Waals surface area (Å²) in [6.07, 6.45) is 0.771. The quantitative estimate of drug-likeness (QED) is 0.561. The van der Waals surface area contributed by atoms with Crippen LogP contribution in [0.5, 0.6) is 0 Å². The molecule has 0 amide bonds. The van der Waals surface area contributed by atoms with E-state index in [1.807, 2.05) is 13.8 Å². The minimum Gasteiger partial charge on any atom is -0.353 e. The Hall–Kier alpha value is -1.19. The van der Waals surface area contributed by atoms with Crippen molar-refractivity contribution >= 4 is 11.4 Å². The van der Waals surface area contributed by atoms with E-state index in [2.05, 4.69) is 49.6 Å². The number of hydrogen-bond donors (Lipinski definition) is 0. The van der Waals surface area contributed by atoms with Crippen LogP contribution in [0.4, 0.5) is 5.69 Å². The summed E-state index contributed by atoms with van der Waals surface area (Å²) in [6, 6.07) is 8.69. The molecule has 0 saturated carbocycles. The summed E-state index contributed by atoms with van der Waals surface area (Å²) >= 11 is 0. The first-order chi connectivity index (χ1) is 10.0. The van der Waals surface area contributed by atoms with Crippen molar-refractivity contribution in [2.75, 3.05) is 19.8 Å². The second kappa shape index (κ2) is 6.71. The third kappa shape index (κ3) is 3.19. The van der Waals surface area contributed by atoms with Gasteiger partial charge in [-0.05, 0) is 27.7 Å². The Morgan fingerprint density at radius 2 is 1.71 bits per heavy atom. The fraction of sp³-hybridized carbons (Fsp3) is 0.611. The number of ether oxygens (including phenoxy) is 2. The van der Waals surface area contributed by atoms with Gasteiger partial charge in [0.25, 0.3) is 0 Å². The lowest BCUT2D eigenvalue weighted by molar-refractivity contribution is -0.444. The summed E-state index contributed by atoms with van der Waals surface area (Å²) in [5, 5.41) is 0. The molecule has 0 fully saturated rings. The van der Waals surface area contributed by atoms with Crippen molar-refractivity contribution < 1.29 is 14.0 Å². The van der Waals surface area contributed by atoms with Gasteiger partial charge in [-0.3, -0.25) is 0 Å². The van der Waals surface area contributed by atoms with Crippen molar-refractivity contribution in [1.82, 2.24) is 0 Å². The molecular weight excluding hydrogens is 262 g/mol. The monoisotopic (exact) mass is 290 g/mol. The van der Waals surface area contributed by atoms with Crippen LogP contribution in [0, 0.1) is 0 Å². The molecule has 3 heteroatoms. The van der Waals surface area contributed by atoms with E-state index in [4.69, 9.17) is 9.47 Å². The molecule has 0 aliphatic carbocycles. The summed E-state index contributed by atoms with van der Waals surface area (Å²) in [4.78, 5) is 0. The van der Waals surface area contributed by atoms with E-state index in [9.17, 15) is 0 Å². The maximum absolute atomic E-state index is 5.66. The second-order valence-corrected chi connectivity index (χ2v) is 6.01. The van der Waals surface area contributed by atoms with Crippen LogP contribution in [0.3, 0.4) is 0 Å². The molecule has 1 aromatic rings. The van der Waals surface area contributed by atoms with E-state index in [0.717, 1.165) is 13.0 Å². The maximum Gasteiger partial charge on any atom is 0.209 e. The summed E-state index contributed by atoms with van der Waals surface area (Å²) in [5.41, 5.74) is 4.23. The van der Waals surface area contributed by atoms with Crippen LogP contribution in [0.15, 0.2) is 24.3 Å². The number of nitrogens with zero attached hydrogens (tertiary/aromatic N) is 1. The van der Waals surface area contributed by atoms with Crippen molar-refractivity contribution in [3.05, 3.63) is 29.8 Å². The summed E-state index contributed by atoms with van der Waals surface area (Å²) in [6.45, 7) is 13.2. The Labute approximate surface area is 128 Å². The smallest absolute Gasteiger partial charge is 0.209 e. The zero-order valence-electron chi connectivity index (χ0n) is 14.0. The van der Waals surface area contributed by atoms with Gasteiger partial charge < -0.3 is 9.47 Å². The molecule has 0 bridgehead atoms. The molecule has 0 atom stereocenters. The number of hydrogen-bond acceptors (Lipinski definition) is 2. The van der Waals surface area contributed by atoms with E-state index >= 15 is 0 Å². The molecule has 0 unspecified atom stereocenters. The van der Waals surface area contributed by atoms with Crippen LogP contribution in [0.2, 0.25) is 0 Å². The van der Waals surface area contributed by atoms with Gasteiger partial charge in [0, 0.05) is 31.8 Å². The molecule has 1 aromatic carbocycles. The molecule has 2 rings (SSSR count). The van der Waals surface area contributed by atoms with Crippen LogP contribution in [-0.4, -0.2) is 36.3 Å². The van der Waals surface area contributed by atoms with Gasteiger partial charge in [-0.1, -0.05) is 18.2 Å². The van der Waals surface area contributed by atoms with Crippen LogP contribution < -0.4 is 0 Å². The van der Waals surface area contributed by atoms with Crippen LogP contribution in [0.1, 0.15) is 46.6 Å². The highest BCUT2D eigenvalue weighted by Crippen LogP contribution is 2.39. The first-order valence-corrected chi connectivity index (χ1v) is 7.96. The maximum atomic E-state index is 5.66. The summed E-state index contributed by atoms with van der Waals surface area (Å²) in [7, 11) is 0. The highest BCUT2D eigenvalue weighted by Gasteiger charge is 2.42. The normalized spacial score (nSPS) is 16.7. The Balaban J connectivity index is 2.17. The highest BCUT2D eigenvalue weighted by atomic mass is 16.7. The summed E-state index contributed by atoms with van der Waals surface area (Å²) in [5.74, 6) is 0. The molecule has 0 saturated heterocycles. The lowest BCUT2D eigenvalue weighted by atomic mass is 9.82. The highest BCUT2D eigenvalue weighted by molar-refractivity contribution is 5.93. The number of para-hydroxylation sites is 1. The topological polar surface area (TPSA) is 21.5 Å². The molecule has 1 aliphatic rings. The first kappa shape index (κ1) is 16.2. The SMILES string of the molecule is CCOC(CC[N+]1=C(C)C(C)(C)c2ccccc21)OCC. The van der Waals surface area contributed by atoms with E-state index in [-0.39, 0.29) is 11.7 Å². The molecule has 0 N–H and O–H groups in total. The lowest BCUT2D eigenvalue weighted by Crippen LogP contribution is -2.28. The third-order valence-corrected chi connectivity index (χ3v) is 4.47. The van der Waals surface area contributed by atoms with E-state index < -0.39 is 0 Å². The van der Waals surface area contributed by atoms with Crippen molar-refractivity contribution in [1.29, 1.82) is 0 Å². The van der Waals surface area contributed by atoms with Crippen LogP contribution >= 0.6 is 0 Å². The Bertz CT molecular complexity index is 514. The van der Waals surface area contributed by atoms with Gasteiger partial charge in [0.1, 0.15) is 0 Å². The molecule has 1 aliphatic heterocycles. The zero-order valence-corrected chi connectivity index (χ0v) is 14.0. The van der Waals surface area contributed by atoms with Gasteiger partial charge in [-0.25, -0.2) is 0 Å². The fourth-order valence-electron chi connectivity index (χ4n) is 3.06. The van der Waals surface area contributed by atoms with Gasteiger partial charge >= 0.3 is 0 Å². The minimum atomic E-state index is -0.108. The largest absolute Gasteiger partial charge is 0.353 e. The van der Waals surface area contributed by atoms with Gasteiger partial charge in [0.2, 0.25) is 5.69 Å². The van der Waals surface area contributed by atoms with Crippen molar-refractivity contribution in [2.24, 2.45) is 0 Å². The Kier molecular flexibility index (Phi) is 5.17. The lowest BCUT2D eigenvalue weighted by Gasteiger charge is -2.16. The van der Waals surface area contributed by atoms with Crippen LogP contribution in [0.25, 0.3) is 0 Å². The van der Waals surface area contributed by atoms with E-state index in [1.54, 1.807) is 0 Å². The molecule has 1 heterocycles. The van der Waals surface area contributed by atoms with E-state index in [0.29, 0.717) is 13.2 Å². The molecule has 116 valence electrons. The average Bonchev–Trinajstić information content (AvgIpc) is 2.66. The first-order valence-electron chi connectivity index (χ1n) is 7.96. The van der Waals surface area contributed by atoms with Crippen molar-refractivity contribution in [3.8, 4) is 0 Å². The average molecular weight is 290 g/mol. The molecule has 21 heavy (non-hydrogen) atoms. The van der Waals surface area contributed by atoms with E-state index in [1.165, 1.54) is 17.0 Å². The predicted octanol–water partition coefficient (Wildman–Crippen LogP) is 3.87. The number of rotatable bonds is 7. The zero-order chi connectivity index (χ0) is 15.5. The Morgan fingerprint density at radius 1 is 1.10 bits per heavy atom. The third-order valence-electron chi connectivity index (χ3n) is 4.47. The van der Waals surface area contributed by atoms with Crippen molar-refractivity contribution in [2.45, 2.75) is 52.7 Å². The minimum absolute atomic E-state index is 0.101. The second-order valence-electron chi connectivity index (χ2n) is 6.01. The molecular formula is C18H28NO2+. The number of fused-ring (bicyclic) bond motifs is 1. The van der Waals surface area contributed by atoms with Gasteiger partial charge in [0.15, 0.2) is 18.5 Å². The fourth-order valence-corrected chi connectivity index (χ4v) is 3.06. The molecule has 0 aromatic heterocycles. The molecule has 0 spiro atoms. The Morgan fingerprint density at radius 3 is 2.33 bits per heavy atom.